The Labute approximate surface area is 325 Å². The Kier molecular flexibility index (Phi) is 8.65. The average Bonchev–Trinajstić information content (AvgIpc) is 4.00. The maximum atomic E-state index is 11.4. The van der Waals surface area contributed by atoms with E-state index < -0.39 is 5.97 Å². The molecule has 2 atom stereocenters. The number of ether oxygens (including phenoxy) is 2. The van der Waals surface area contributed by atoms with Gasteiger partial charge in [0.2, 0.25) is 0 Å². The molecule has 53 heavy (non-hydrogen) atoms. The van der Waals surface area contributed by atoms with E-state index in [1.54, 1.807) is 28.7 Å². The van der Waals surface area contributed by atoms with Crippen molar-refractivity contribution in [3.05, 3.63) is 120 Å². The van der Waals surface area contributed by atoms with Crippen molar-refractivity contribution in [1.29, 1.82) is 5.26 Å². The first-order valence-corrected chi connectivity index (χ1v) is 20.8. The lowest BCUT2D eigenvalue weighted by atomic mass is 10.1. The van der Waals surface area contributed by atoms with Gasteiger partial charge in [0, 0.05) is 41.1 Å². The lowest BCUT2D eigenvalue weighted by Crippen LogP contribution is -2.34. The van der Waals surface area contributed by atoms with Crippen LogP contribution in [-0.4, -0.2) is 23.3 Å². The van der Waals surface area contributed by atoms with Gasteiger partial charge in [-0.15, -0.1) is 56.7 Å². The molecule has 6 heterocycles. The molecule has 1 aliphatic heterocycles. The van der Waals surface area contributed by atoms with Crippen LogP contribution < -0.4 is 14.4 Å². The third-order valence-corrected chi connectivity index (χ3v) is 15.4. The zero-order chi connectivity index (χ0) is 36.2. The number of nitriles is 1. The van der Waals surface area contributed by atoms with E-state index in [-0.39, 0.29) is 17.8 Å². The third-order valence-electron chi connectivity index (χ3n) is 9.06. The number of benzene rings is 3. The highest BCUT2D eigenvalue weighted by molar-refractivity contribution is 7.40. The van der Waals surface area contributed by atoms with E-state index in [4.69, 9.17) is 9.47 Å². The molecule has 0 spiro atoms. The number of rotatable bonds is 8. The van der Waals surface area contributed by atoms with Crippen LogP contribution in [0.2, 0.25) is 0 Å². The topological polar surface area (TPSA) is 82.8 Å². The number of thiophene rings is 5. The molecular weight excluding hydrogens is 757 g/mol. The lowest BCUT2D eigenvalue weighted by Gasteiger charge is -2.29. The number of carboxylic acid groups (broad SMARTS) is 1. The Balaban J connectivity index is 1.06. The minimum atomic E-state index is -1.24. The van der Waals surface area contributed by atoms with Gasteiger partial charge < -0.3 is 19.5 Å². The number of aliphatic carboxylic acids is 1. The molecular formula is C42H28N2O4S5. The number of hydrogen-bond acceptors (Lipinski definition) is 10. The van der Waals surface area contributed by atoms with Crippen molar-refractivity contribution in [2.24, 2.45) is 0 Å². The Morgan fingerprint density at radius 2 is 1.23 bits per heavy atom. The first kappa shape index (κ1) is 33.6. The molecule has 0 saturated carbocycles. The van der Waals surface area contributed by atoms with Crippen LogP contribution in [0.25, 0.3) is 54.8 Å². The number of nitrogens with zero attached hydrogens (tertiary/aromatic N) is 2. The van der Waals surface area contributed by atoms with Gasteiger partial charge in [-0.1, -0.05) is 48.5 Å². The van der Waals surface area contributed by atoms with Crippen molar-refractivity contribution in [1.82, 2.24) is 0 Å². The number of anilines is 3. The van der Waals surface area contributed by atoms with Crippen molar-refractivity contribution in [3.63, 3.8) is 0 Å². The van der Waals surface area contributed by atoms with E-state index in [1.807, 2.05) is 60.8 Å². The van der Waals surface area contributed by atoms with Crippen LogP contribution >= 0.6 is 56.7 Å². The summed E-state index contributed by atoms with van der Waals surface area (Å²) in [6, 6.07) is 39.9. The van der Waals surface area contributed by atoms with Crippen LogP contribution in [-0.2, 0) is 4.79 Å². The molecule has 0 fully saturated rings. The van der Waals surface area contributed by atoms with Gasteiger partial charge in [0.05, 0.1) is 24.0 Å². The summed E-state index contributed by atoms with van der Waals surface area (Å²) >= 11 is 8.49. The van der Waals surface area contributed by atoms with Gasteiger partial charge in [-0.2, -0.15) is 5.26 Å². The number of carboxylic acids is 1. The largest absolute Gasteiger partial charge is 0.481 e. The van der Waals surface area contributed by atoms with E-state index in [0.29, 0.717) is 10.6 Å². The van der Waals surface area contributed by atoms with Crippen molar-refractivity contribution in [3.8, 4) is 47.5 Å². The monoisotopic (exact) mass is 784 g/mol. The first-order valence-electron chi connectivity index (χ1n) is 16.8. The zero-order valence-electron chi connectivity index (χ0n) is 28.2. The predicted molar refractivity (Wildman–Crippen MR) is 223 cm³/mol. The zero-order valence-corrected chi connectivity index (χ0v) is 32.3. The SMILES string of the molecule is CC1Oc2c(-c3ccc(/C=C(\C#N)C(=O)O)s3)sc(-c3cc4sc5cc(-c6ccc(N(c7ccccc7)c7ccccc7)cc6)sc5c4s3)c2OC1C. The van der Waals surface area contributed by atoms with Gasteiger partial charge in [-0.25, -0.2) is 4.79 Å². The van der Waals surface area contributed by atoms with Crippen LogP contribution in [0.3, 0.4) is 0 Å². The second-order valence-corrected chi connectivity index (χ2v) is 17.8. The second kappa shape index (κ2) is 13.6. The van der Waals surface area contributed by atoms with Crippen LogP contribution in [0.4, 0.5) is 17.1 Å². The van der Waals surface area contributed by atoms with Crippen molar-refractivity contribution in [2.75, 3.05) is 4.90 Å². The molecule has 8 aromatic rings. The fourth-order valence-corrected chi connectivity index (χ4v) is 12.7. The smallest absolute Gasteiger partial charge is 0.346 e. The fraction of sp³-hybridized carbons (Fsp3) is 0.0952. The van der Waals surface area contributed by atoms with Gasteiger partial charge in [0.1, 0.15) is 23.9 Å². The third kappa shape index (κ3) is 6.12. The molecule has 2 unspecified atom stereocenters. The van der Waals surface area contributed by atoms with Gasteiger partial charge >= 0.3 is 5.97 Å². The maximum absolute atomic E-state index is 11.4. The number of para-hydroxylation sites is 2. The molecule has 5 aromatic heterocycles. The summed E-state index contributed by atoms with van der Waals surface area (Å²) < 4.78 is 18.1. The quantitative estimate of drug-likeness (QED) is 0.122. The first-order chi connectivity index (χ1) is 25.8. The summed E-state index contributed by atoms with van der Waals surface area (Å²) in [6.45, 7) is 4.03. The molecule has 1 aliphatic rings. The summed E-state index contributed by atoms with van der Waals surface area (Å²) in [5, 5.41) is 18.6. The van der Waals surface area contributed by atoms with Crippen LogP contribution in [0, 0.1) is 11.3 Å². The molecule has 260 valence electrons. The van der Waals surface area contributed by atoms with E-state index in [0.717, 1.165) is 42.3 Å². The number of hydrogen-bond donors (Lipinski definition) is 1. The van der Waals surface area contributed by atoms with Crippen molar-refractivity contribution >= 4 is 105 Å². The molecule has 0 bridgehead atoms. The van der Waals surface area contributed by atoms with Gasteiger partial charge in [0.15, 0.2) is 11.5 Å². The molecule has 9 rings (SSSR count). The molecule has 0 saturated heterocycles. The molecule has 6 nitrogen and oxygen atoms in total. The van der Waals surface area contributed by atoms with Crippen molar-refractivity contribution < 1.29 is 19.4 Å². The summed E-state index contributed by atoms with van der Waals surface area (Å²) in [7, 11) is 0. The molecule has 1 N–H and O–H groups in total. The predicted octanol–water partition coefficient (Wildman–Crippen LogP) is 13.3. The van der Waals surface area contributed by atoms with Crippen LogP contribution in [0.15, 0.2) is 115 Å². The maximum Gasteiger partial charge on any atom is 0.346 e. The highest BCUT2D eigenvalue weighted by Gasteiger charge is 2.34. The highest BCUT2D eigenvalue weighted by Crippen LogP contribution is 2.58. The Bertz CT molecular complexity index is 2670. The molecule has 0 aliphatic carbocycles. The lowest BCUT2D eigenvalue weighted by molar-refractivity contribution is -0.132. The minimum Gasteiger partial charge on any atom is -0.481 e. The summed E-state index contributed by atoms with van der Waals surface area (Å²) in [5.41, 5.74) is 4.22. The second-order valence-electron chi connectivity index (χ2n) is 12.5. The van der Waals surface area contributed by atoms with Crippen LogP contribution in [0.1, 0.15) is 18.7 Å². The summed E-state index contributed by atoms with van der Waals surface area (Å²) in [4.78, 5) is 19.7. The minimum absolute atomic E-state index is 0.120. The highest BCUT2D eigenvalue weighted by atomic mass is 32.1. The fourth-order valence-electron chi connectivity index (χ4n) is 6.30. The Morgan fingerprint density at radius 1 is 0.679 bits per heavy atom. The van der Waals surface area contributed by atoms with E-state index in [1.165, 1.54) is 46.7 Å². The van der Waals surface area contributed by atoms with Crippen molar-refractivity contribution in [2.45, 2.75) is 26.1 Å². The Morgan fingerprint density at radius 3 is 1.81 bits per heavy atom. The number of carbonyl (C=O) groups is 1. The molecule has 0 radical (unpaired) electrons. The van der Waals surface area contributed by atoms with Gasteiger partial charge in [-0.3, -0.25) is 0 Å². The molecule has 11 heteroatoms. The average molecular weight is 785 g/mol. The van der Waals surface area contributed by atoms with E-state index >= 15 is 0 Å². The van der Waals surface area contributed by atoms with E-state index in [9.17, 15) is 15.2 Å². The molecule has 0 amide bonds. The van der Waals surface area contributed by atoms with E-state index in [2.05, 4.69) is 89.8 Å². The molecule has 3 aromatic carbocycles. The number of fused-ring (bicyclic) bond motifs is 4. The normalized spacial score (nSPS) is 15.5. The summed E-state index contributed by atoms with van der Waals surface area (Å²) in [6.07, 6.45) is 1.15. The van der Waals surface area contributed by atoms with Gasteiger partial charge in [-0.05, 0) is 86.2 Å². The van der Waals surface area contributed by atoms with Gasteiger partial charge in [0.25, 0.3) is 0 Å². The summed E-state index contributed by atoms with van der Waals surface area (Å²) in [5.74, 6) is 0.226. The van der Waals surface area contributed by atoms with Crippen LogP contribution in [0.5, 0.6) is 11.5 Å². The standard InChI is InChI=1S/C42H28N2O4S5/c1-23-24(2)48-37-36(47-23)38(31-18-17-30(49-31)19-26(22-43)42(45)46)53-39(37)33-21-35-41(52-33)40-34(50-35)20-32(51-40)25-13-15-29(16-14-25)44(27-9-5-3-6-10-27)28-11-7-4-8-12-28/h3-21,23-24H,1-2H3,(H,45,46)/b26-19+. The Hall–Kier alpha value is -5.22.